The van der Waals surface area contributed by atoms with Crippen molar-refractivity contribution in [2.24, 2.45) is 0 Å². The van der Waals surface area contributed by atoms with Crippen LogP contribution in [0.5, 0.6) is 5.75 Å². The molecule has 9 nitrogen and oxygen atoms in total. The van der Waals surface area contributed by atoms with Gasteiger partial charge in [0.1, 0.15) is 11.8 Å². The van der Waals surface area contributed by atoms with Gasteiger partial charge in [-0.15, -0.1) is 0 Å². The van der Waals surface area contributed by atoms with E-state index in [0.29, 0.717) is 28.4 Å². The molecule has 0 radical (unpaired) electrons. The van der Waals surface area contributed by atoms with Crippen molar-refractivity contribution in [3.8, 4) is 5.75 Å². The Bertz CT molecular complexity index is 1000. The molecule has 0 saturated carbocycles. The van der Waals surface area contributed by atoms with Gasteiger partial charge >= 0.3 is 0 Å². The van der Waals surface area contributed by atoms with Gasteiger partial charge < -0.3 is 26.0 Å². The molecule has 4 amide bonds. The standard InChI is InChI=1S/C19H16N4O5/c24-16(20-10-5-6-13-15(7-10)28-9-17(25)21-13)8-14-19(27)22-12-4-2-1-3-11(12)18(26)23-14/h1-7,14H,8-9H2,(H,20,24)(H,21,25)(H,22,27)(H,23,26). The molecule has 0 fully saturated rings. The largest absolute Gasteiger partial charge is 0.482 e. The fraction of sp³-hybridized carbons (Fsp3) is 0.158. The Morgan fingerprint density at radius 3 is 2.75 bits per heavy atom. The molecule has 28 heavy (non-hydrogen) atoms. The van der Waals surface area contributed by atoms with E-state index in [2.05, 4.69) is 21.3 Å². The Morgan fingerprint density at radius 1 is 1.07 bits per heavy atom. The fourth-order valence-corrected chi connectivity index (χ4v) is 3.01. The van der Waals surface area contributed by atoms with Crippen LogP contribution >= 0.6 is 0 Å². The van der Waals surface area contributed by atoms with Gasteiger partial charge in [0.15, 0.2) is 6.61 Å². The van der Waals surface area contributed by atoms with Gasteiger partial charge in [-0.05, 0) is 24.3 Å². The highest BCUT2D eigenvalue weighted by Crippen LogP contribution is 2.30. The number of carbonyl (C=O) groups is 4. The topological polar surface area (TPSA) is 126 Å². The predicted octanol–water partition coefficient (Wildman–Crippen LogP) is 1.10. The van der Waals surface area contributed by atoms with E-state index in [-0.39, 0.29) is 18.9 Å². The summed E-state index contributed by atoms with van der Waals surface area (Å²) in [4.78, 5) is 48.4. The van der Waals surface area contributed by atoms with E-state index in [1.807, 2.05) is 0 Å². The van der Waals surface area contributed by atoms with Crippen LogP contribution < -0.4 is 26.0 Å². The summed E-state index contributed by atoms with van der Waals surface area (Å²) in [5, 5.41) is 10.5. The van der Waals surface area contributed by atoms with Gasteiger partial charge in [0.05, 0.1) is 23.4 Å². The van der Waals surface area contributed by atoms with Crippen LogP contribution in [-0.4, -0.2) is 36.3 Å². The average molecular weight is 380 g/mol. The molecule has 2 aromatic carbocycles. The minimum absolute atomic E-state index is 0.0980. The summed E-state index contributed by atoms with van der Waals surface area (Å²) in [5.41, 5.74) is 1.71. The van der Waals surface area contributed by atoms with E-state index in [4.69, 9.17) is 4.74 Å². The number of fused-ring (bicyclic) bond motifs is 2. The van der Waals surface area contributed by atoms with Crippen molar-refractivity contribution in [3.05, 3.63) is 48.0 Å². The van der Waals surface area contributed by atoms with Crippen LogP contribution in [0.3, 0.4) is 0 Å². The number of hydrogen-bond acceptors (Lipinski definition) is 5. The van der Waals surface area contributed by atoms with E-state index in [1.54, 1.807) is 42.5 Å². The molecule has 4 rings (SSSR count). The third-order valence-electron chi connectivity index (χ3n) is 4.34. The van der Waals surface area contributed by atoms with Gasteiger partial charge in [0.2, 0.25) is 11.8 Å². The first kappa shape index (κ1) is 17.5. The minimum atomic E-state index is -1.01. The normalized spacial score (nSPS) is 17.7. The van der Waals surface area contributed by atoms with Crippen LogP contribution in [-0.2, 0) is 14.4 Å². The van der Waals surface area contributed by atoms with Crippen molar-refractivity contribution >= 4 is 40.7 Å². The van der Waals surface area contributed by atoms with Gasteiger partial charge in [0, 0.05) is 11.8 Å². The van der Waals surface area contributed by atoms with Crippen molar-refractivity contribution in [2.75, 3.05) is 22.6 Å². The highest BCUT2D eigenvalue weighted by Gasteiger charge is 2.29. The number of hydrogen-bond donors (Lipinski definition) is 4. The number of amides is 4. The van der Waals surface area contributed by atoms with Gasteiger partial charge in [-0.1, -0.05) is 12.1 Å². The van der Waals surface area contributed by atoms with Crippen LogP contribution in [0.1, 0.15) is 16.8 Å². The van der Waals surface area contributed by atoms with E-state index in [9.17, 15) is 19.2 Å². The number of nitrogens with one attached hydrogen (secondary N) is 4. The number of carbonyl (C=O) groups excluding carboxylic acids is 4. The molecular weight excluding hydrogens is 364 g/mol. The second kappa shape index (κ2) is 7.03. The van der Waals surface area contributed by atoms with Crippen LogP contribution in [0.15, 0.2) is 42.5 Å². The maximum Gasteiger partial charge on any atom is 0.262 e. The third kappa shape index (κ3) is 3.50. The first-order valence-electron chi connectivity index (χ1n) is 8.57. The zero-order valence-electron chi connectivity index (χ0n) is 14.6. The zero-order chi connectivity index (χ0) is 19.7. The Balaban J connectivity index is 1.43. The summed E-state index contributed by atoms with van der Waals surface area (Å²) in [6.07, 6.45) is -0.236. The minimum Gasteiger partial charge on any atom is -0.482 e. The average Bonchev–Trinajstić information content (AvgIpc) is 2.78. The SMILES string of the molecule is O=C(CC1NC(=O)c2ccccc2NC1=O)Nc1ccc2c(c1)OCC(=O)N2. The number of anilines is 3. The molecule has 2 aromatic rings. The molecule has 0 bridgehead atoms. The maximum absolute atomic E-state index is 12.4. The third-order valence-corrected chi connectivity index (χ3v) is 4.34. The highest BCUT2D eigenvalue weighted by molar-refractivity contribution is 6.11. The Hall–Kier alpha value is -3.88. The van der Waals surface area contributed by atoms with Gasteiger partial charge in [-0.2, -0.15) is 0 Å². The summed E-state index contributed by atoms with van der Waals surface area (Å²) in [5.74, 6) is -1.16. The molecule has 4 N–H and O–H groups in total. The first-order chi connectivity index (χ1) is 13.5. The van der Waals surface area contributed by atoms with Crippen molar-refractivity contribution in [3.63, 3.8) is 0 Å². The number of benzene rings is 2. The Morgan fingerprint density at radius 2 is 1.89 bits per heavy atom. The smallest absolute Gasteiger partial charge is 0.262 e. The molecule has 2 aliphatic heterocycles. The van der Waals surface area contributed by atoms with Crippen LogP contribution in [0.25, 0.3) is 0 Å². The van der Waals surface area contributed by atoms with E-state index in [1.165, 1.54) is 0 Å². The molecule has 2 aliphatic rings. The monoisotopic (exact) mass is 380 g/mol. The second-order valence-corrected chi connectivity index (χ2v) is 6.36. The van der Waals surface area contributed by atoms with Crippen LogP contribution in [0.2, 0.25) is 0 Å². The molecule has 0 aliphatic carbocycles. The van der Waals surface area contributed by atoms with E-state index in [0.717, 1.165) is 0 Å². The van der Waals surface area contributed by atoms with Crippen molar-refractivity contribution < 1.29 is 23.9 Å². The maximum atomic E-state index is 12.4. The molecule has 2 heterocycles. The lowest BCUT2D eigenvalue weighted by Crippen LogP contribution is -2.43. The Labute approximate surface area is 159 Å². The lowest BCUT2D eigenvalue weighted by Gasteiger charge is -2.19. The Kier molecular flexibility index (Phi) is 4.40. The van der Waals surface area contributed by atoms with Gasteiger partial charge in [-0.3, -0.25) is 19.2 Å². The molecule has 142 valence electrons. The summed E-state index contributed by atoms with van der Waals surface area (Å²) >= 11 is 0. The summed E-state index contributed by atoms with van der Waals surface area (Å²) in [7, 11) is 0. The van der Waals surface area contributed by atoms with Crippen molar-refractivity contribution in [1.82, 2.24) is 5.32 Å². The molecule has 0 spiro atoms. The van der Waals surface area contributed by atoms with E-state index >= 15 is 0 Å². The van der Waals surface area contributed by atoms with Gasteiger partial charge in [0.25, 0.3) is 11.8 Å². The fourth-order valence-electron chi connectivity index (χ4n) is 3.01. The summed E-state index contributed by atoms with van der Waals surface area (Å²) in [6, 6.07) is 10.4. The van der Waals surface area contributed by atoms with Gasteiger partial charge in [-0.25, -0.2) is 0 Å². The number of para-hydroxylation sites is 1. The lowest BCUT2D eigenvalue weighted by atomic mass is 10.1. The lowest BCUT2D eigenvalue weighted by molar-refractivity contribution is -0.122. The second-order valence-electron chi connectivity index (χ2n) is 6.36. The number of ether oxygens (including phenoxy) is 1. The van der Waals surface area contributed by atoms with Crippen molar-refractivity contribution in [1.29, 1.82) is 0 Å². The van der Waals surface area contributed by atoms with Crippen LogP contribution in [0.4, 0.5) is 17.1 Å². The summed E-state index contributed by atoms with van der Waals surface area (Å²) < 4.78 is 5.31. The zero-order valence-corrected chi connectivity index (χ0v) is 14.6. The number of rotatable bonds is 3. The predicted molar refractivity (Wildman–Crippen MR) is 100 cm³/mol. The molecular formula is C19H16N4O5. The quantitative estimate of drug-likeness (QED) is 0.634. The van der Waals surface area contributed by atoms with E-state index < -0.39 is 23.8 Å². The first-order valence-corrected chi connectivity index (χ1v) is 8.57. The molecule has 1 atom stereocenters. The van der Waals surface area contributed by atoms with Crippen molar-refractivity contribution in [2.45, 2.75) is 12.5 Å². The molecule has 1 unspecified atom stereocenters. The highest BCUT2D eigenvalue weighted by atomic mass is 16.5. The molecule has 9 heteroatoms. The molecule has 0 saturated heterocycles. The van der Waals surface area contributed by atoms with Crippen LogP contribution in [0, 0.1) is 0 Å². The molecule has 0 aromatic heterocycles. The summed E-state index contributed by atoms with van der Waals surface area (Å²) in [6.45, 7) is -0.0980.